The zero-order chi connectivity index (χ0) is 21.8. The number of carbonyl (C=O) groups is 3. The SMILES string of the molecule is COc1cc(/C=C2/SC(=O)N(C)C2=O)ccc1OCC(=O)Nc1ccc(Br)c(Cl)c1. The number of benzene rings is 2. The molecule has 1 aliphatic rings. The van der Waals surface area contributed by atoms with Gasteiger partial charge in [-0.2, -0.15) is 0 Å². The van der Waals surface area contributed by atoms with Gasteiger partial charge in [0.15, 0.2) is 18.1 Å². The average molecular weight is 512 g/mol. The molecule has 30 heavy (non-hydrogen) atoms. The smallest absolute Gasteiger partial charge is 0.293 e. The molecular formula is C20H16BrClN2O5S. The van der Waals surface area contributed by atoms with Crippen LogP contribution in [-0.4, -0.2) is 42.7 Å². The Morgan fingerprint density at radius 2 is 2.00 bits per heavy atom. The minimum absolute atomic E-state index is 0.238. The van der Waals surface area contributed by atoms with Crippen LogP contribution in [0.4, 0.5) is 10.5 Å². The molecule has 0 spiro atoms. The first-order valence-corrected chi connectivity index (χ1v) is 10.5. The number of rotatable bonds is 6. The summed E-state index contributed by atoms with van der Waals surface area (Å²) in [6.45, 7) is -0.238. The monoisotopic (exact) mass is 510 g/mol. The number of nitrogens with zero attached hydrogens (tertiary/aromatic N) is 1. The van der Waals surface area contributed by atoms with E-state index in [1.54, 1.807) is 42.5 Å². The predicted octanol–water partition coefficient (Wildman–Crippen LogP) is 4.79. The number of nitrogens with one attached hydrogen (secondary N) is 1. The summed E-state index contributed by atoms with van der Waals surface area (Å²) in [6.07, 6.45) is 1.60. The van der Waals surface area contributed by atoms with Gasteiger partial charge >= 0.3 is 0 Å². The summed E-state index contributed by atoms with van der Waals surface area (Å²) in [5.74, 6) is 0.0337. The second-order valence-corrected chi connectivity index (χ2v) is 8.37. The lowest BCUT2D eigenvalue weighted by molar-refractivity contribution is -0.121. The van der Waals surface area contributed by atoms with Gasteiger partial charge in [-0.1, -0.05) is 17.7 Å². The van der Waals surface area contributed by atoms with Crippen molar-refractivity contribution in [2.24, 2.45) is 0 Å². The Morgan fingerprint density at radius 1 is 1.23 bits per heavy atom. The number of amides is 3. The minimum atomic E-state index is -0.365. The molecule has 2 aromatic carbocycles. The van der Waals surface area contributed by atoms with Gasteiger partial charge in [-0.25, -0.2) is 0 Å². The summed E-state index contributed by atoms with van der Waals surface area (Å²) >= 11 is 10.2. The summed E-state index contributed by atoms with van der Waals surface area (Å²) in [5.41, 5.74) is 1.20. The number of anilines is 1. The van der Waals surface area contributed by atoms with E-state index in [4.69, 9.17) is 21.1 Å². The molecule has 0 bridgehead atoms. The fraction of sp³-hybridized carbons (Fsp3) is 0.150. The lowest BCUT2D eigenvalue weighted by Gasteiger charge is -2.12. The fourth-order valence-electron chi connectivity index (χ4n) is 2.50. The third kappa shape index (κ3) is 5.16. The number of methoxy groups -OCH3 is 1. The van der Waals surface area contributed by atoms with Gasteiger partial charge in [0.25, 0.3) is 17.1 Å². The topological polar surface area (TPSA) is 84.9 Å². The van der Waals surface area contributed by atoms with Crippen LogP contribution in [0.5, 0.6) is 11.5 Å². The molecule has 3 amide bonds. The van der Waals surface area contributed by atoms with Gasteiger partial charge in [-0.3, -0.25) is 19.3 Å². The molecule has 0 aromatic heterocycles. The van der Waals surface area contributed by atoms with E-state index < -0.39 is 0 Å². The highest BCUT2D eigenvalue weighted by molar-refractivity contribution is 9.10. The lowest BCUT2D eigenvalue weighted by atomic mass is 10.2. The minimum Gasteiger partial charge on any atom is -0.493 e. The molecule has 1 fully saturated rings. The third-order valence-electron chi connectivity index (χ3n) is 4.03. The highest BCUT2D eigenvalue weighted by Crippen LogP contribution is 2.34. The molecule has 7 nitrogen and oxygen atoms in total. The Labute approximate surface area is 190 Å². The normalized spacial score (nSPS) is 14.9. The summed E-state index contributed by atoms with van der Waals surface area (Å²) in [4.78, 5) is 37.2. The van der Waals surface area contributed by atoms with Gasteiger partial charge in [-0.15, -0.1) is 0 Å². The molecule has 1 heterocycles. The van der Waals surface area contributed by atoms with Crippen LogP contribution in [0, 0.1) is 0 Å². The summed E-state index contributed by atoms with van der Waals surface area (Å²) < 4.78 is 11.6. The van der Waals surface area contributed by atoms with E-state index in [2.05, 4.69) is 21.2 Å². The number of thioether (sulfide) groups is 1. The largest absolute Gasteiger partial charge is 0.493 e. The van der Waals surface area contributed by atoms with Crippen LogP contribution in [0.2, 0.25) is 5.02 Å². The number of halogens is 2. The van der Waals surface area contributed by atoms with Gasteiger partial charge in [0.2, 0.25) is 0 Å². The molecule has 1 saturated heterocycles. The van der Waals surface area contributed by atoms with Crippen LogP contribution in [0.3, 0.4) is 0 Å². The summed E-state index contributed by atoms with van der Waals surface area (Å²) in [7, 11) is 2.90. The summed E-state index contributed by atoms with van der Waals surface area (Å²) in [5, 5.41) is 2.85. The molecule has 156 valence electrons. The van der Waals surface area contributed by atoms with Crippen molar-refractivity contribution >= 4 is 68.1 Å². The molecule has 0 atom stereocenters. The number of hydrogen-bond donors (Lipinski definition) is 1. The Morgan fingerprint density at radius 3 is 2.63 bits per heavy atom. The number of hydrogen-bond acceptors (Lipinski definition) is 6. The highest BCUT2D eigenvalue weighted by Gasteiger charge is 2.31. The quantitative estimate of drug-likeness (QED) is 0.561. The number of imide groups is 1. The number of likely N-dealkylation sites (N-methyl/N-ethyl adjacent to an activating group) is 1. The van der Waals surface area contributed by atoms with Crippen molar-refractivity contribution in [1.82, 2.24) is 4.90 Å². The maximum atomic E-state index is 12.2. The highest BCUT2D eigenvalue weighted by atomic mass is 79.9. The zero-order valence-electron chi connectivity index (χ0n) is 15.9. The fourth-order valence-corrected chi connectivity index (χ4v) is 3.76. The van der Waals surface area contributed by atoms with Crippen LogP contribution in [0.25, 0.3) is 6.08 Å². The van der Waals surface area contributed by atoms with Crippen LogP contribution < -0.4 is 14.8 Å². The number of carbonyl (C=O) groups excluding carboxylic acids is 3. The van der Waals surface area contributed by atoms with Crippen LogP contribution in [0.15, 0.2) is 45.8 Å². The van der Waals surface area contributed by atoms with Crippen molar-refractivity contribution in [2.75, 3.05) is 26.1 Å². The molecule has 1 N–H and O–H groups in total. The first kappa shape index (κ1) is 22.2. The molecule has 0 radical (unpaired) electrons. The van der Waals surface area contributed by atoms with Gasteiger partial charge in [0.1, 0.15) is 0 Å². The molecule has 3 rings (SSSR count). The third-order valence-corrected chi connectivity index (χ3v) is 6.23. The predicted molar refractivity (Wildman–Crippen MR) is 120 cm³/mol. The van der Waals surface area contributed by atoms with Crippen LogP contribution >= 0.6 is 39.3 Å². The van der Waals surface area contributed by atoms with E-state index in [0.717, 1.165) is 21.1 Å². The van der Waals surface area contributed by atoms with Gasteiger partial charge in [-0.05, 0) is 69.7 Å². The Balaban J connectivity index is 1.66. The van der Waals surface area contributed by atoms with E-state index in [9.17, 15) is 14.4 Å². The summed E-state index contributed by atoms with van der Waals surface area (Å²) in [6, 6.07) is 10.1. The van der Waals surface area contributed by atoms with E-state index in [1.165, 1.54) is 14.2 Å². The molecular weight excluding hydrogens is 496 g/mol. The van der Waals surface area contributed by atoms with E-state index in [-0.39, 0.29) is 23.7 Å². The van der Waals surface area contributed by atoms with E-state index >= 15 is 0 Å². The molecule has 10 heteroatoms. The van der Waals surface area contributed by atoms with Crippen molar-refractivity contribution in [3.05, 3.63) is 56.4 Å². The van der Waals surface area contributed by atoms with Crippen molar-refractivity contribution in [3.8, 4) is 11.5 Å². The zero-order valence-corrected chi connectivity index (χ0v) is 19.1. The van der Waals surface area contributed by atoms with Crippen LogP contribution in [-0.2, 0) is 9.59 Å². The van der Waals surface area contributed by atoms with Crippen molar-refractivity contribution in [2.45, 2.75) is 0 Å². The van der Waals surface area contributed by atoms with Crippen molar-refractivity contribution in [1.29, 1.82) is 0 Å². The van der Waals surface area contributed by atoms with Gasteiger partial charge in [0.05, 0.1) is 17.0 Å². The van der Waals surface area contributed by atoms with Crippen LogP contribution in [0.1, 0.15) is 5.56 Å². The Kier molecular flexibility index (Phi) is 7.06. The first-order valence-electron chi connectivity index (χ1n) is 8.56. The Hall–Kier alpha value is -2.49. The van der Waals surface area contributed by atoms with E-state index in [1.807, 2.05) is 0 Å². The first-order chi connectivity index (χ1) is 14.3. The van der Waals surface area contributed by atoms with E-state index in [0.29, 0.717) is 32.7 Å². The molecule has 0 unspecified atom stereocenters. The standard InChI is InChI=1S/C20H16BrClN2O5S/c1-24-19(26)17(30-20(24)27)8-11-3-6-15(16(7-11)28-2)29-10-18(25)23-12-4-5-13(21)14(22)9-12/h3-9H,10H2,1-2H3,(H,23,25)/b17-8+. The Bertz CT molecular complexity index is 1060. The van der Waals surface area contributed by atoms with Gasteiger partial charge < -0.3 is 14.8 Å². The number of ether oxygens (including phenoxy) is 2. The molecule has 1 aliphatic heterocycles. The lowest BCUT2D eigenvalue weighted by Crippen LogP contribution is -2.22. The average Bonchev–Trinajstić information content (AvgIpc) is 2.96. The van der Waals surface area contributed by atoms with Gasteiger partial charge in [0, 0.05) is 17.2 Å². The van der Waals surface area contributed by atoms with Crippen molar-refractivity contribution < 1.29 is 23.9 Å². The maximum absolute atomic E-state index is 12.2. The second-order valence-electron chi connectivity index (χ2n) is 6.12. The van der Waals surface area contributed by atoms with Crippen molar-refractivity contribution in [3.63, 3.8) is 0 Å². The molecule has 2 aromatic rings. The maximum Gasteiger partial charge on any atom is 0.293 e. The second kappa shape index (κ2) is 9.55. The molecule has 0 saturated carbocycles. The molecule has 0 aliphatic carbocycles.